The molecule has 32 heavy (non-hydrogen) atoms. The molecule has 1 heterocycles. The van der Waals surface area contributed by atoms with E-state index in [4.69, 9.17) is 19.4 Å². The molecule has 1 fully saturated rings. The van der Waals surface area contributed by atoms with Gasteiger partial charge in [-0.15, -0.1) is 0 Å². The molecule has 0 saturated carbocycles. The zero-order chi connectivity index (χ0) is 23.3. The van der Waals surface area contributed by atoms with E-state index in [9.17, 15) is 14.4 Å². The lowest BCUT2D eigenvalue weighted by Gasteiger charge is -2.23. The van der Waals surface area contributed by atoms with Crippen LogP contribution in [-0.4, -0.2) is 55.2 Å². The van der Waals surface area contributed by atoms with Crippen LogP contribution in [-0.2, 0) is 14.4 Å². The Morgan fingerprint density at radius 2 is 1.78 bits per heavy atom. The number of rotatable bonds is 12. The molecule has 176 valence electrons. The van der Waals surface area contributed by atoms with E-state index in [1.54, 1.807) is 23.7 Å². The predicted molar refractivity (Wildman–Crippen MR) is 118 cm³/mol. The number of likely N-dealkylation sites (tertiary alicyclic amines) is 1. The summed E-state index contributed by atoms with van der Waals surface area (Å²) in [6.45, 7) is 0.902. The maximum Gasteiger partial charge on any atom is 0.253 e. The molecule has 9 nitrogen and oxygen atoms in total. The van der Waals surface area contributed by atoms with Crippen molar-refractivity contribution in [2.24, 2.45) is 0 Å². The van der Waals surface area contributed by atoms with Crippen molar-refractivity contribution in [1.82, 2.24) is 10.4 Å². The number of unbranched alkanes of at least 4 members (excludes halogenated alkanes) is 3. The number of carbonyl (C=O) groups excluding carboxylic acids is 3. The van der Waals surface area contributed by atoms with Crippen molar-refractivity contribution in [2.45, 2.75) is 51.4 Å². The summed E-state index contributed by atoms with van der Waals surface area (Å²) < 4.78 is 16.8. The van der Waals surface area contributed by atoms with Crippen LogP contribution in [0.4, 0.5) is 0 Å². The number of hydroxylamine groups is 1. The molecule has 0 unspecified atom stereocenters. The zero-order valence-electron chi connectivity index (χ0n) is 18.7. The van der Waals surface area contributed by atoms with Crippen LogP contribution in [0.5, 0.6) is 17.2 Å². The van der Waals surface area contributed by atoms with Crippen molar-refractivity contribution < 1.29 is 33.8 Å². The molecule has 2 N–H and O–H groups in total. The first kappa shape index (κ1) is 25.2. The Balaban J connectivity index is 1.95. The third-order valence-electron chi connectivity index (χ3n) is 5.16. The second-order valence-corrected chi connectivity index (χ2v) is 7.48. The van der Waals surface area contributed by atoms with Crippen LogP contribution >= 0.6 is 0 Å². The minimum atomic E-state index is -0.380. The molecule has 1 aromatic rings. The molecule has 0 radical (unpaired) electrons. The SMILES string of the molecule is COc1cc(/C=C/C(=O)N2CCCCC2=O)cc(OC)c1OCCCCCCC(=O)NO. The van der Waals surface area contributed by atoms with Gasteiger partial charge in [-0.3, -0.25) is 24.5 Å². The van der Waals surface area contributed by atoms with E-state index in [-0.39, 0.29) is 17.7 Å². The fourth-order valence-electron chi connectivity index (χ4n) is 3.41. The lowest BCUT2D eigenvalue weighted by atomic mass is 10.1. The van der Waals surface area contributed by atoms with Crippen LogP contribution in [0.15, 0.2) is 18.2 Å². The van der Waals surface area contributed by atoms with Gasteiger partial charge in [-0.25, -0.2) is 5.48 Å². The molecule has 2 rings (SSSR count). The number of hydrogen-bond acceptors (Lipinski definition) is 7. The van der Waals surface area contributed by atoms with Gasteiger partial charge in [0.25, 0.3) is 5.91 Å². The number of hydrogen-bond donors (Lipinski definition) is 2. The Morgan fingerprint density at radius 1 is 1.09 bits per heavy atom. The summed E-state index contributed by atoms with van der Waals surface area (Å²) >= 11 is 0. The topological polar surface area (TPSA) is 114 Å². The van der Waals surface area contributed by atoms with Crippen LogP contribution < -0.4 is 19.7 Å². The van der Waals surface area contributed by atoms with Crippen molar-refractivity contribution in [1.29, 1.82) is 0 Å². The smallest absolute Gasteiger partial charge is 0.253 e. The van der Waals surface area contributed by atoms with E-state index in [0.717, 1.165) is 32.1 Å². The fraction of sp³-hybridized carbons (Fsp3) is 0.522. The average Bonchev–Trinajstić information content (AvgIpc) is 2.81. The summed E-state index contributed by atoms with van der Waals surface area (Å²) in [4.78, 5) is 36.5. The average molecular weight is 449 g/mol. The Bertz CT molecular complexity index is 798. The third-order valence-corrected chi connectivity index (χ3v) is 5.16. The first-order valence-corrected chi connectivity index (χ1v) is 10.8. The highest BCUT2D eigenvalue weighted by Crippen LogP contribution is 2.39. The van der Waals surface area contributed by atoms with E-state index < -0.39 is 0 Å². The maximum atomic E-state index is 12.4. The summed E-state index contributed by atoms with van der Waals surface area (Å²) in [7, 11) is 3.05. The largest absolute Gasteiger partial charge is 0.493 e. The minimum absolute atomic E-state index is 0.138. The molecule has 0 bridgehead atoms. The van der Waals surface area contributed by atoms with Gasteiger partial charge >= 0.3 is 0 Å². The van der Waals surface area contributed by atoms with E-state index >= 15 is 0 Å². The van der Waals surface area contributed by atoms with E-state index in [2.05, 4.69) is 0 Å². The second-order valence-electron chi connectivity index (χ2n) is 7.48. The van der Waals surface area contributed by atoms with Crippen molar-refractivity contribution in [2.75, 3.05) is 27.4 Å². The highest BCUT2D eigenvalue weighted by Gasteiger charge is 2.22. The van der Waals surface area contributed by atoms with Crippen molar-refractivity contribution in [3.8, 4) is 17.2 Å². The van der Waals surface area contributed by atoms with Crippen LogP contribution in [0.3, 0.4) is 0 Å². The van der Waals surface area contributed by atoms with Crippen molar-refractivity contribution >= 4 is 23.8 Å². The zero-order valence-corrected chi connectivity index (χ0v) is 18.7. The molecule has 1 aliphatic heterocycles. The highest BCUT2D eigenvalue weighted by atomic mass is 16.5. The van der Waals surface area contributed by atoms with Crippen LogP contribution in [0.1, 0.15) is 56.9 Å². The highest BCUT2D eigenvalue weighted by molar-refractivity contribution is 6.03. The van der Waals surface area contributed by atoms with Crippen LogP contribution in [0, 0.1) is 0 Å². The van der Waals surface area contributed by atoms with E-state index in [1.807, 2.05) is 0 Å². The molecule has 1 aliphatic rings. The molecule has 0 spiro atoms. The Hall–Kier alpha value is -3.07. The summed E-state index contributed by atoms with van der Waals surface area (Å²) in [5.74, 6) is 0.583. The van der Waals surface area contributed by atoms with Gasteiger partial charge in [0.05, 0.1) is 20.8 Å². The van der Waals surface area contributed by atoms with Gasteiger partial charge in [0.2, 0.25) is 17.6 Å². The molecule has 3 amide bonds. The molecule has 1 aromatic carbocycles. The fourth-order valence-corrected chi connectivity index (χ4v) is 3.41. The normalized spacial score (nSPS) is 13.8. The number of piperidine rings is 1. The third kappa shape index (κ3) is 7.56. The molecule has 0 aliphatic carbocycles. The van der Waals surface area contributed by atoms with Crippen molar-refractivity contribution in [3.63, 3.8) is 0 Å². The van der Waals surface area contributed by atoms with E-state index in [1.165, 1.54) is 25.2 Å². The number of amides is 3. The Labute approximate surface area is 188 Å². The van der Waals surface area contributed by atoms with Crippen molar-refractivity contribution in [3.05, 3.63) is 23.8 Å². The molecule has 0 atom stereocenters. The molecular formula is C23H32N2O7. The molecule has 0 aromatic heterocycles. The van der Waals surface area contributed by atoms with Gasteiger partial charge in [-0.1, -0.05) is 12.8 Å². The van der Waals surface area contributed by atoms with Gasteiger partial charge in [0, 0.05) is 25.5 Å². The first-order valence-electron chi connectivity index (χ1n) is 10.8. The number of benzene rings is 1. The standard InChI is InChI=1S/C23H32N2O7/c1-30-18-15-17(11-12-22(28)25-13-7-6-10-21(25)27)16-19(31-2)23(18)32-14-8-4-3-5-9-20(26)24-29/h11-12,15-16,29H,3-10,13-14H2,1-2H3,(H,24,26)/b12-11+. The Morgan fingerprint density at radius 3 is 2.41 bits per heavy atom. The first-order chi connectivity index (χ1) is 15.5. The summed E-state index contributed by atoms with van der Waals surface area (Å²) in [6, 6.07) is 3.49. The lowest BCUT2D eigenvalue weighted by Crippen LogP contribution is -2.39. The van der Waals surface area contributed by atoms with Gasteiger partial charge in [0.1, 0.15) is 0 Å². The monoisotopic (exact) mass is 448 g/mol. The number of nitrogens with one attached hydrogen (secondary N) is 1. The number of methoxy groups -OCH3 is 2. The maximum absolute atomic E-state index is 12.4. The molecule has 9 heteroatoms. The Kier molecular flexibility index (Phi) is 10.5. The van der Waals surface area contributed by atoms with Gasteiger partial charge in [-0.05, 0) is 49.5 Å². The predicted octanol–water partition coefficient (Wildman–Crippen LogP) is 3.09. The number of ether oxygens (including phenoxy) is 3. The number of imide groups is 1. The number of nitrogens with zero attached hydrogens (tertiary/aromatic N) is 1. The van der Waals surface area contributed by atoms with Gasteiger partial charge < -0.3 is 14.2 Å². The number of carbonyl (C=O) groups is 3. The summed E-state index contributed by atoms with van der Waals surface area (Å²) in [5.41, 5.74) is 2.31. The van der Waals surface area contributed by atoms with Crippen LogP contribution in [0.25, 0.3) is 6.08 Å². The van der Waals surface area contributed by atoms with Crippen LogP contribution in [0.2, 0.25) is 0 Å². The van der Waals surface area contributed by atoms with E-state index in [0.29, 0.717) is 55.2 Å². The quantitative estimate of drug-likeness (QED) is 0.219. The van der Waals surface area contributed by atoms with Gasteiger partial charge in [0.15, 0.2) is 11.5 Å². The minimum Gasteiger partial charge on any atom is -0.493 e. The van der Waals surface area contributed by atoms with Gasteiger partial charge in [-0.2, -0.15) is 0 Å². The summed E-state index contributed by atoms with van der Waals surface area (Å²) in [5, 5.41) is 8.47. The molecule has 1 saturated heterocycles. The lowest BCUT2D eigenvalue weighted by molar-refractivity contribution is -0.143. The molecular weight excluding hydrogens is 416 g/mol. The second kappa shape index (κ2) is 13.4. The summed E-state index contributed by atoms with van der Waals surface area (Å²) in [6.07, 6.45) is 8.57.